The molecule has 0 spiro atoms. The number of benzene rings is 1. The predicted octanol–water partition coefficient (Wildman–Crippen LogP) is 3.93. The Morgan fingerprint density at radius 2 is 1.09 bits per heavy atom. The Morgan fingerprint density at radius 1 is 0.581 bits per heavy atom. The number of esters is 1. The molecule has 24 nitrogen and oxygen atoms in total. The molecular formula is C62H106N12O12. The number of aliphatic hydroxyl groups is 2. The molecule has 2 aromatic rings. The molecule has 0 aliphatic carbocycles. The second-order valence-electron chi connectivity index (χ2n) is 26.5. The second kappa shape index (κ2) is 33.2. The average molecular weight is 1210 g/mol. The van der Waals surface area contributed by atoms with Gasteiger partial charge >= 0.3 is 12.1 Å². The van der Waals surface area contributed by atoms with Gasteiger partial charge in [0.1, 0.15) is 48.1 Å². The number of imidazole rings is 1. The van der Waals surface area contributed by atoms with Crippen LogP contribution < -0.4 is 21.3 Å². The van der Waals surface area contributed by atoms with E-state index < -0.39 is 139 Å². The topological polar surface area (TPSA) is 300 Å². The van der Waals surface area contributed by atoms with Crippen LogP contribution in [0.3, 0.4) is 0 Å². The molecule has 12 atom stereocenters. The minimum atomic E-state index is -1.78. The van der Waals surface area contributed by atoms with Crippen LogP contribution in [0.15, 0.2) is 24.3 Å². The SMILES string of the molecule is CC(C)C[C@@H]1C(=O)N[C@H](CC(C)C)C(=O)N(C)C(C(C)C)C(=O)N(C)C([C@H](O)[C@H](C)Cc2nc3ccccc3[nH]2)C(=O)NC([C@@H](C)O)C(=O)N(C)CC(=O)N(C)[C@@H](CC(C)C)C(=O)N[C@H](CC(C)C)N(C)[C@H](CC(C)C)N[C@H](C)C(=O)OC(=O)N1C. The summed E-state index contributed by atoms with van der Waals surface area (Å²) < 4.78 is 5.49. The van der Waals surface area contributed by atoms with Gasteiger partial charge in [0.05, 0.1) is 42.1 Å². The van der Waals surface area contributed by atoms with Gasteiger partial charge in [-0.05, 0) is 107 Å². The minimum absolute atomic E-state index is 0.0453. The van der Waals surface area contributed by atoms with Gasteiger partial charge in [0.25, 0.3) is 0 Å². The van der Waals surface area contributed by atoms with E-state index in [1.165, 1.54) is 52.0 Å². The number of aromatic nitrogens is 2. The number of aliphatic hydroxyl groups excluding tert-OH is 2. The normalized spacial score (nSPS) is 25.9. The summed E-state index contributed by atoms with van der Waals surface area (Å²) in [6.45, 7) is 26.4. The van der Waals surface area contributed by atoms with Gasteiger partial charge in [0, 0.05) is 41.7 Å². The van der Waals surface area contributed by atoms with Crippen LogP contribution in [0.1, 0.15) is 142 Å². The van der Waals surface area contributed by atoms with Gasteiger partial charge in [0.15, 0.2) is 0 Å². The number of hydrogen-bond acceptors (Lipinski definition) is 15. The first-order valence-electron chi connectivity index (χ1n) is 30.6. The number of fused-ring (bicyclic) bond motifs is 1. The quantitative estimate of drug-likeness (QED) is 0.0926. The van der Waals surface area contributed by atoms with Gasteiger partial charge in [-0.25, -0.2) is 14.6 Å². The second-order valence-corrected chi connectivity index (χ2v) is 26.5. The average Bonchev–Trinajstić information content (AvgIpc) is 3.27. The Balaban J connectivity index is 2.31. The molecule has 1 saturated heterocycles. The summed E-state index contributed by atoms with van der Waals surface area (Å²) in [5.41, 5.74) is 1.39. The highest BCUT2D eigenvalue weighted by atomic mass is 16.6. The summed E-state index contributed by atoms with van der Waals surface area (Å²) in [7, 11) is 8.59. The third kappa shape index (κ3) is 20.7. The summed E-state index contributed by atoms with van der Waals surface area (Å²) in [4.78, 5) is 147. The van der Waals surface area contributed by atoms with Crippen LogP contribution in [0.4, 0.5) is 4.79 Å². The number of hydrogen-bond donors (Lipinski definition) is 7. The van der Waals surface area contributed by atoms with E-state index in [9.17, 15) is 43.8 Å². The third-order valence-electron chi connectivity index (χ3n) is 15.9. The van der Waals surface area contributed by atoms with Crippen molar-refractivity contribution < 1.29 is 58.1 Å². The summed E-state index contributed by atoms with van der Waals surface area (Å²) in [6, 6.07) is -2.16. The number of likely N-dealkylation sites (N-methyl/N-ethyl adjacent to an activating group) is 5. The number of rotatable bonds is 16. The molecule has 7 N–H and O–H groups in total. The Hall–Kier alpha value is -6.24. The number of para-hydroxylation sites is 2. The van der Waals surface area contributed by atoms with E-state index in [4.69, 9.17) is 4.74 Å². The zero-order valence-electron chi connectivity index (χ0n) is 55.3. The summed E-state index contributed by atoms with van der Waals surface area (Å²) >= 11 is 0. The lowest BCUT2D eigenvalue weighted by molar-refractivity contribution is -0.155. The van der Waals surface area contributed by atoms with Crippen molar-refractivity contribution in [2.75, 3.05) is 48.8 Å². The summed E-state index contributed by atoms with van der Waals surface area (Å²) in [6.07, 6.45) is -4.20. The number of carbonyl (C=O) groups is 9. The molecule has 2 heterocycles. The maximum absolute atomic E-state index is 15.3. The van der Waals surface area contributed by atoms with Crippen LogP contribution in [-0.4, -0.2) is 219 Å². The van der Waals surface area contributed by atoms with Crippen molar-refractivity contribution in [1.82, 2.24) is 60.6 Å². The molecule has 3 unspecified atom stereocenters. The van der Waals surface area contributed by atoms with Crippen molar-refractivity contribution in [2.45, 2.75) is 209 Å². The number of ether oxygens (including phenoxy) is 1. The Labute approximate surface area is 511 Å². The fraction of sp³-hybridized carbons (Fsp3) is 0.742. The monoisotopic (exact) mass is 1210 g/mol. The molecular weight excluding hydrogens is 1100 g/mol. The molecule has 0 saturated carbocycles. The first-order valence-corrected chi connectivity index (χ1v) is 30.6. The van der Waals surface area contributed by atoms with Gasteiger partial charge < -0.3 is 55.5 Å². The van der Waals surface area contributed by atoms with Crippen molar-refractivity contribution in [3.05, 3.63) is 30.1 Å². The fourth-order valence-electron chi connectivity index (χ4n) is 11.0. The molecule has 0 radical (unpaired) electrons. The van der Waals surface area contributed by atoms with Crippen molar-refractivity contribution in [3.63, 3.8) is 0 Å². The van der Waals surface area contributed by atoms with E-state index in [1.807, 2.05) is 98.4 Å². The molecule has 24 heteroatoms. The Morgan fingerprint density at radius 3 is 1.62 bits per heavy atom. The van der Waals surface area contributed by atoms with E-state index >= 15 is 9.59 Å². The van der Waals surface area contributed by atoms with E-state index in [1.54, 1.807) is 34.7 Å². The summed E-state index contributed by atoms with van der Waals surface area (Å²) in [5, 5.41) is 35.6. The van der Waals surface area contributed by atoms with Gasteiger partial charge in [-0.3, -0.25) is 48.7 Å². The number of carbonyl (C=O) groups excluding carboxylic acids is 9. The molecule has 86 heavy (non-hydrogen) atoms. The van der Waals surface area contributed by atoms with Crippen molar-refractivity contribution in [1.29, 1.82) is 0 Å². The molecule has 1 aliphatic rings. The maximum atomic E-state index is 15.3. The lowest BCUT2D eigenvalue weighted by Gasteiger charge is -2.40. The van der Waals surface area contributed by atoms with Crippen LogP contribution in [-0.2, 0) is 49.5 Å². The number of nitrogens with one attached hydrogen (secondary N) is 5. The summed E-state index contributed by atoms with van der Waals surface area (Å²) in [5.74, 6) is -7.51. The smallest absolute Gasteiger partial charge is 0.391 e. The maximum Gasteiger partial charge on any atom is 0.417 e. The van der Waals surface area contributed by atoms with Crippen LogP contribution >= 0.6 is 0 Å². The van der Waals surface area contributed by atoms with Gasteiger partial charge in [0.2, 0.25) is 41.4 Å². The number of cyclic esters (lactones) is 2. The Kier molecular flexibility index (Phi) is 28.6. The largest absolute Gasteiger partial charge is 0.417 e. The standard InChI is InChI=1S/C62H106N12O12/c1-33(2)26-44-58(81)73(20)52(38(11)12)60(83)74(21)53(54(77)39(13)31-47-64-42-24-22-23-25-43(42)65-47)57(80)68-51(41(15)75)59(82)69(16)32-50(76)70(17)45(27-34(3)4)56(79)67-49(30-37(9)10)72(19)48(29-36(7)8)63-40(14)61(84)86-62(85)71(18)46(28-35(5)6)55(78)66-44/h22-25,33-41,44-46,48-49,51-54,63,75,77H,26-32H2,1-21H3,(H,64,65)(H,66,78)(H,67,79)(H,68,80)/t39-,40-,41-,44-,45+,46-,48-,49+,51?,52?,53?,54-/m1/s1. The molecule has 3 rings (SSSR count). The molecule has 1 aromatic heterocycles. The van der Waals surface area contributed by atoms with Crippen LogP contribution in [0.2, 0.25) is 0 Å². The lowest BCUT2D eigenvalue weighted by Crippen LogP contribution is -2.64. The molecule has 1 aromatic carbocycles. The first-order chi connectivity index (χ1) is 39.9. The van der Waals surface area contributed by atoms with Crippen molar-refractivity contribution in [3.8, 4) is 0 Å². The van der Waals surface area contributed by atoms with Gasteiger partial charge in [-0.1, -0.05) is 102 Å². The van der Waals surface area contributed by atoms with E-state index in [2.05, 4.69) is 31.2 Å². The first kappa shape index (κ1) is 74.0. The molecule has 1 fully saturated rings. The fourth-order valence-corrected chi connectivity index (χ4v) is 11.0. The van der Waals surface area contributed by atoms with Crippen molar-refractivity contribution >= 4 is 64.4 Å². The molecule has 8 amide bonds. The van der Waals surface area contributed by atoms with E-state index in [0.717, 1.165) is 20.2 Å². The minimum Gasteiger partial charge on any atom is -0.391 e. The van der Waals surface area contributed by atoms with Crippen LogP contribution in [0.25, 0.3) is 11.0 Å². The number of H-pyrrole nitrogens is 1. The molecule has 0 bridgehead atoms. The number of aromatic amines is 1. The van der Waals surface area contributed by atoms with Gasteiger partial charge in [-0.2, -0.15) is 0 Å². The number of nitrogens with zero attached hydrogens (tertiary/aromatic N) is 7. The highest BCUT2D eigenvalue weighted by Gasteiger charge is 2.45. The van der Waals surface area contributed by atoms with Crippen molar-refractivity contribution in [2.24, 2.45) is 41.4 Å². The molecule has 486 valence electrons. The zero-order valence-corrected chi connectivity index (χ0v) is 55.3. The highest BCUT2D eigenvalue weighted by molar-refractivity contribution is 5.98. The lowest BCUT2D eigenvalue weighted by atomic mass is 9.91. The third-order valence-corrected chi connectivity index (χ3v) is 15.9. The van der Waals surface area contributed by atoms with Crippen LogP contribution in [0, 0.1) is 41.4 Å². The van der Waals surface area contributed by atoms with E-state index in [-0.39, 0.29) is 55.3 Å². The number of amides is 8. The van der Waals surface area contributed by atoms with E-state index in [0.29, 0.717) is 24.2 Å². The van der Waals surface area contributed by atoms with Crippen LogP contribution in [0.5, 0.6) is 0 Å². The highest BCUT2D eigenvalue weighted by Crippen LogP contribution is 2.25. The molecule has 1 aliphatic heterocycles. The predicted molar refractivity (Wildman–Crippen MR) is 329 cm³/mol. The Bertz CT molecular complexity index is 2570. The van der Waals surface area contributed by atoms with Gasteiger partial charge in [-0.15, -0.1) is 0 Å². The zero-order chi connectivity index (χ0) is 65.5.